The normalized spacial score (nSPS) is 13.3. The summed E-state index contributed by atoms with van der Waals surface area (Å²) in [5.41, 5.74) is 1.94. The van der Waals surface area contributed by atoms with Crippen molar-refractivity contribution >= 4 is 50.4 Å². The Hall–Kier alpha value is -3.37. The van der Waals surface area contributed by atoms with Crippen LogP contribution in [0.5, 0.6) is 0 Å². The van der Waals surface area contributed by atoms with Gasteiger partial charge in [0.1, 0.15) is 4.21 Å². The summed E-state index contributed by atoms with van der Waals surface area (Å²) in [6.07, 6.45) is 2.03. The van der Waals surface area contributed by atoms with Crippen LogP contribution < -0.4 is 20.7 Å². The van der Waals surface area contributed by atoms with Crippen LogP contribution in [0.15, 0.2) is 70.3 Å². The van der Waals surface area contributed by atoms with Crippen LogP contribution in [0.25, 0.3) is 0 Å². The molecule has 31 heavy (non-hydrogen) atoms. The number of anilines is 3. The van der Waals surface area contributed by atoms with Crippen molar-refractivity contribution in [3.63, 3.8) is 0 Å². The molecule has 10 heteroatoms. The molecule has 0 bridgehead atoms. The lowest BCUT2D eigenvalue weighted by Gasteiger charge is -2.10. The van der Waals surface area contributed by atoms with Crippen molar-refractivity contribution in [3.8, 4) is 0 Å². The fraction of sp³-hybridized carbons (Fsp3) is 0.143. The lowest BCUT2D eigenvalue weighted by molar-refractivity contribution is 0.102. The topological polar surface area (TPSA) is 116 Å². The maximum Gasteiger partial charge on any atom is 0.319 e. The lowest BCUT2D eigenvalue weighted by Crippen LogP contribution is -2.30. The van der Waals surface area contributed by atoms with E-state index in [0.717, 1.165) is 24.2 Å². The molecule has 1 aromatic heterocycles. The molecular formula is C21H20N4O4S2. The summed E-state index contributed by atoms with van der Waals surface area (Å²) in [6.45, 7) is 0. The zero-order valence-corrected chi connectivity index (χ0v) is 17.9. The molecule has 0 unspecified atom stereocenters. The van der Waals surface area contributed by atoms with Crippen molar-refractivity contribution in [1.82, 2.24) is 5.32 Å². The number of thiophene rings is 1. The average Bonchev–Trinajstić information content (AvgIpc) is 3.36. The van der Waals surface area contributed by atoms with E-state index in [0.29, 0.717) is 22.6 Å². The maximum absolute atomic E-state index is 12.5. The molecule has 3 aromatic rings. The second-order valence-electron chi connectivity index (χ2n) is 7.02. The summed E-state index contributed by atoms with van der Waals surface area (Å²) in [5.74, 6) is -0.333. The molecule has 0 saturated heterocycles. The minimum Gasteiger partial charge on any atom is -0.335 e. The van der Waals surface area contributed by atoms with Gasteiger partial charge in [0.15, 0.2) is 0 Å². The highest BCUT2D eigenvalue weighted by Gasteiger charge is 2.23. The molecule has 1 saturated carbocycles. The summed E-state index contributed by atoms with van der Waals surface area (Å²) < 4.78 is 27.2. The smallest absolute Gasteiger partial charge is 0.319 e. The van der Waals surface area contributed by atoms with E-state index in [1.807, 2.05) is 0 Å². The molecule has 0 radical (unpaired) electrons. The van der Waals surface area contributed by atoms with E-state index in [1.54, 1.807) is 47.8 Å². The average molecular weight is 457 g/mol. The number of sulfonamides is 1. The Morgan fingerprint density at radius 1 is 0.839 bits per heavy atom. The Morgan fingerprint density at radius 2 is 1.45 bits per heavy atom. The minimum atomic E-state index is -3.63. The molecule has 8 nitrogen and oxygen atoms in total. The number of hydrogen-bond acceptors (Lipinski definition) is 5. The third kappa shape index (κ3) is 5.62. The van der Waals surface area contributed by atoms with Crippen LogP contribution in [0.3, 0.4) is 0 Å². The van der Waals surface area contributed by atoms with Crippen LogP contribution in [-0.2, 0) is 10.0 Å². The predicted octanol–water partition coefficient (Wildman–Crippen LogP) is 4.09. The van der Waals surface area contributed by atoms with Gasteiger partial charge in [0.2, 0.25) is 0 Å². The summed E-state index contributed by atoms with van der Waals surface area (Å²) in [7, 11) is -3.63. The van der Waals surface area contributed by atoms with Crippen LogP contribution in [0.1, 0.15) is 23.2 Å². The molecule has 1 fully saturated rings. The van der Waals surface area contributed by atoms with Gasteiger partial charge in [-0.1, -0.05) is 6.07 Å². The van der Waals surface area contributed by atoms with Crippen molar-refractivity contribution in [2.75, 3.05) is 15.4 Å². The number of carbonyl (C=O) groups excluding carboxylic acids is 2. The number of rotatable bonds is 7. The van der Waals surface area contributed by atoms with Gasteiger partial charge in [-0.2, -0.15) is 0 Å². The standard InChI is InChI=1S/C21H20N4O4S2/c26-20(22-15-7-9-16(10-8-15)23-21(27)24-17-11-12-17)14-3-5-18(6-4-14)25-31(28,29)19-2-1-13-30-19/h1-10,13,17,25H,11-12H2,(H,22,26)(H2,23,24,27). The first-order valence-corrected chi connectivity index (χ1v) is 11.9. The van der Waals surface area contributed by atoms with Gasteiger partial charge in [-0.05, 0) is 72.8 Å². The van der Waals surface area contributed by atoms with Gasteiger partial charge in [-0.3, -0.25) is 9.52 Å². The first-order chi connectivity index (χ1) is 14.9. The predicted molar refractivity (Wildman–Crippen MR) is 121 cm³/mol. The Bertz CT molecular complexity index is 1170. The van der Waals surface area contributed by atoms with Crippen LogP contribution >= 0.6 is 11.3 Å². The fourth-order valence-electron chi connectivity index (χ4n) is 2.73. The largest absolute Gasteiger partial charge is 0.335 e. The Morgan fingerprint density at radius 3 is 2.03 bits per heavy atom. The highest BCUT2D eigenvalue weighted by Crippen LogP contribution is 2.21. The Labute approximate surface area is 183 Å². The molecule has 3 amide bonds. The van der Waals surface area contributed by atoms with Crippen LogP contribution in [0.2, 0.25) is 0 Å². The van der Waals surface area contributed by atoms with Gasteiger partial charge in [0, 0.05) is 28.7 Å². The molecule has 0 atom stereocenters. The molecular weight excluding hydrogens is 436 g/mol. The Balaban J connectivity index is 1.33. The zero-order valence-electron chi connectivity index (χ0n) is 16.3. The van der Waals surface area contributed by atoms with Crippen LogP contribution in [0, 0.1) is 0 Å². The summed E-state index contributed by atoms with van der Waals surface area (Å²) >= 11 is 1.13. The number of nitrogens with one attached hydrogen (secondary N) is 4. The molecule has 1 aliphatic carbocycles. The van der Waals surface area contributed by atoms with Crippen molar-refractivity contribution in [3.05, 3.63) is 71.6 Å². The first-order valence-electron chi connectivity index (χ1n) is 9.54. The SMILES string of the molecule is O=C(Nc1ccc(NC(=O)c2ccc(NS(=O)(=O)c3cccs3)cc2)cc1)NC1CC1. The van der Waals surface area contributed by atoms with Crippen molar-refractivity contribution in [1.29, 1.82) is 0 Å². The highest BCUT2D eigenvalue weighted by molar-refractivity contribution is 7.94. The van der Waals surface area contributed by atoms with Crippen LogP contribution in [0.4, 0.5) is 21.9 Å². The Kier molecular flexibility index (Phi) is 5.92. The third-order valence-electron chi connectivity index (χ3n) is 4.47. The second-order valence-corrected chi connectivity index (χ2v) is 9.88. The second kappa shape index (κ2) is 8.78. The molecule has 0 aliphatic heterocycles. The summed E-state index contributed by atoms with van der Waals surface area (Å²) in [6, 6.07) is 16.1. The molecule has 0 spiro atoms. The number of carbonyl (C=O) groups is 2. The van der Waals surface area contributed by atoms with Crippen molar-refractivity contribution < 1.29 is 18.0 Å². The molecule has 4 N–H and O–H groups in total. The van der Waals surface area contributed by atoms with E-state index < -0.39 is 10.0 Å². The van der Waals surface area contributed by atoms with Gasteiger partial charge >= 0.3 is 6.03 Å². The molecule has 4 rings (SSSR count). The third-order valence-corrected chi connectivity index (χ3v) is 7.25. The van der Waals surface area contributed by atoms with E-state index >= 15 is 0 Å². The monoisotopic (exact) mass is 456 g/mol. The molecule has 1 heterocycles. The summed E-state index contributed by atoms with van der Waals surface area (Å²) in [5, 5.41) is 10.0. The number of amides is 3. The first kappa shape index (κ1) is 20.9. The maximum atomic E-state index is 12.5. The van der Waals surface area contributed by atoms with Gasteiger partial charge in [0.25, 0.3) is 15.9 Å². The van der Waals surface area contributed by atoms with E-state index in [1.165, 1.54) is 18.2 Å². The fourth-order valence-corrected chi connectivity index (χ4v) is 4.78. The lowest BCUT2D eigenvalue weighted by atomic mass is 10.2. The van der Waals surface area contributed by atoms with E-state index in [-0.39, 0.29) is 22.2 Å². The van der Waals surface area contributed by atoms with E-state index in [2.05, 4.69) is 20.7 Å². The highest BCUT2D eigenvalue weighted by atomic mass is 32.2. The van der Waals surface area contributed by atoms with Gasteiger partial charge in [-0.25, -0.2) is 13.2 Å². The molecule has 160 valence electrons. The molecule has 2 aromatic carbocycles. The van der Waals surface area contributed by atoms with Crippen molar-refractivity contribution in [2.45, 2.75) is 23.1 Å². The van der Waals surface area contributed by atoms with Crippen molar-refractivity contribution in [2.24, 2.45) is 0 Å². The van der Waals surface area contributed by atoms with Crippen LogP contribution in [-0.4, -0.2) is 26.4 Å². The minimum absolute atomic E-state index is 0.220. The number of hydrogen-bond donors (Lipinski definition) is 4. The number of benzene rings is 2. The van der Waals surface area contributed by atoms with Gasteiger partial charge in [0.05, 0.1) is 0 Å². The quantitative estimate of drug-likeness (QED) is 0.428. The van der Waals surface area contributed by atoms with E-state index in [4.69, 9.17) is 0 Å². The summed E-state index contributed by atoms with van der Waals surface area (Å²) in [4.78, 5) is 24.2. The number of urea groups is 1. The molecule has 1 aliphatic rings. The van der Waals surface area contributed by atoms with Gasteiger partial charge in [-0.15, -0.1) is 11.3 Å². The zero-order chi connectivity index (χ0) is 21.8. The van der Waals surface area contributed by atoms with Gasteiger partial charge < -0.3 is 16.0 Å². The van der Waals surface area contributed by atoms with E-state index in [9.17, 15) is 18.0 Å².